The average Bonchev–Trinajstić information content (AvgIpc) is 3.79. The molecule has 4 heterocycles. The third-order valence-corrected chi connectivity index (χ3v) is 11.5. The summed E-state index contributed by atoms with van der Waals surface area (Å²) in [5.41, 5.74) is 0. The molecule has 8 nitrogen and oxygen atoms in total. The minimum atomic E-state index is -0.365. The molecule has 0 aromatic heterocycles. The van der Waals surface area contributed by atoms with E-state index in [1.54, 1.807) is 0 Å². The summed E-state index contributed by atoms with van der Waals surface area (Å²) in [6.45, 7) is 12.6. The Morgan fingerprint density at radius 1 is 0.756 bits per heavy atom. The molecule has 0 N–H and O–H groups in total. The molecular weight excluding hydrogens is 570 g/mol. The summed E-state index contributed by atoms with van der Waals surface area (Å²) >= 11 is 0. The van der Waals surface area contributed by atoms with E-state index < -0.39 is 0 Å². The van der Waals surface area contributed by atoms with Crippen LogP contribution in [0.5, 0.6) is 0 Å². The number of fused-ring (bicyclic) bond motifs is 4. The van der Waals surface area contributed by atoms with Crippen LogP contribution in [0.4, 0.5) is 0 Å². The van der Waals surface area contributed by atoms with Crippen LogP contribution in [0.3, 0.4) is 0 Å². The van der Waals surface area contributed by atoms with Crippen molar-refractivity contribution in [3.8, 4) is 0 Å². The van der Waals surface area contributed by atoms with Gasteiger partial charge in [-0.25, -0.2) is 0 Å². The van der Waals surface area contributed by atoms with Crippen molar-refractivity contribution in [1.82, 2.24) is 4.90 Å². The second-order valence-electron chi connectivity index (χ2n) is 15.2. The van der Waals surface area contributed by atoms with Gasteiger partial charge in [-0.05, 0) is 85.7 Å². The van der Waals surface area contributed by atoms with Crippen LogP contribution in [-0.4, -0.2) is 85.8 Å². The lowest BCUT2D eigenvalue weighted by molar-refractivity contribution is -0.175. The molecule has 13 atom stereocenters. The highest BCUT2D eigenvalue weighted by molar-refractivity contribution is 5.73. The molecule has 260 valence electrons. The lowest BCUT2D eigenvalue weighted by Crippen LogP contribution is -2.44. The van der Waals surface area contributed by atoms with Crippen molar-refractivity contribution in [1.29, 1.82) is 0 Å². The van der Waals surface area contributed by atoms with Crippen LogP contribution in [0.25, 0.3) is 0 Å². The fourth-order valence-corrected chi connectivity index (χ4v) is 8.31. The number of unbranched alkanes of at least 4 members (excludes halogenated alkanes) is 2. The van der Waals surface area contributed by atoms with E-state index >= 15 is 0 Å². The van der Waals surface area contributed by atoms with Crippen molar-refractivity contribution in [3.05, 3.63) is 0 Å². The number of ether oxygens (including phenoxy) is 5. The molecule has 4 aliphatic rings. The fourth-order valence-electron chi connectivity index (χ4n) is 8.31. The predicted molar refractivity (Wildman–Crippen MR) is 176 cm³/mol. The Labute approximate surface area is 274 Å². The van der Waals surface area contributed by atoms with E-state index in [0.29, 0.717) is 12.5 Å². The fraction of sp³-hybridized carbons (Fsp3) is 0.946. The van der Waals surface area contributed by atoms with Crippen LogP contribution in [0.1, 0.15) is 131 Å². The highest BCUT2D eigenvalue weighted by atomic mass is 16.6. The van der Waals surface area contributed by atoms with E-state index in [1.165, 1.54) is 25.7 Å². The molecule has 4 bridgehead atoms. The van der Waals surface area contributed by atoms with Gasteiger partial charge < -0.3 is 28.6 Å². The van der Waals surface area contributed by atoms with Gasteiger partial charge in [0, 0.05) is 24.3 Å². The van der Waals surface area contributed by atoms with Gasteiger partial charge in [-0.15, -0.1) is 0 Å². The summed E-state index contributed by atoms with van der Waals surface area (Å²) in [5, 5.41) is 0. The first kappa shape index (κ1) is 36.6. The molecule has 0 radical (unpaired) electrons. The van der Waals surface area contributed by atoms with E-state index in [-0.39, 0.29) is 84.4 Å². The summed E-state index contributed by atoms with van der Waals surface area (Å²) in [5.74, 6) is -1.08. The van der Waals surface area contributed by atoms with Gasteiger partial charge in [-0.3, -0.25) is 9.59 Å². The zero-order valence-electron chi connectivity index (χ0n) is 29.7. The number of esters is 2. The highest BCUT2D eigenvalue weighted by Crippen LogP contribution is 2.39. The topological polar surface area (TPSA) is 83.5 Å². The van der Waals surface area contributed by atoms with E-state index in [9.17, 15) is 9.59 Å². The van der Waals surface area contributed by atoms with Crippen LogP contribution < -0.4 is 0 Å². The molecule has 0 aliphatic carbocycles. The molecule has 4 aliphatic heterocycles. The number of hydrogen-bond acceptors (Lipinski definition) is 8. The van der Waals surface area contributed by atoms with E-state index in [2.05, 4.69) is 46.7 Å². The average molecular weight is 636 g/mol. The van der Waals surface area contributed by atoms with Crippen LogP contribution in [0, 0.1) is 23.7 Å². The Hall–Kier alpha value is -1.22. The van der Waals surface area contributed by atoms with Gasteiger partial charge in [0.05, 0.1) is 48.5 Å². The van der Waals surface area contributed by atoms with Crippen LogP contribution in [0.2, 0.25) is 0 Å². The monoisotopic (exact) mass is 635 g/mol. The van der Waals surface area contributed by atoms with Crippen molar-refractivity contribution >= 4 is 11.9 Å². The van der Waals surface area contributed by atoms with Gasteiger partial charge in [0.1, 0.15) is 12.2 Å². The molecular formula is C37H65NO7. The lowest BCUT2D eigenvalue weighted by Gasteiger charge is -2.36. The highest BCUT2D eigenvalue weighted by Gasteiger charge is 2.46. The number of nitrogens with zero attached hydrogens (tertiary/aromatic N) is 1. The van der Waals surface area contributed by atoms with E-state index in [1.807, 2.05) is 13.8 Å². The number of carbonyl (C=O) groups excluding carboxylic acids is 2. The van der Waals surface area contributed by atoms with Crippen molar-refractivity contribution in [3.63, 3.8) is 0 Å². The molecule has 45 heavy (non-hydrogen) atoms. The Morgan fingerprint density at radius 2 is 1.42 bits per heavy atom. The van der Waals surface area contributed by atoms with E-state index in [4.69, 9.17) is 23.7 Å². The van der Waals surface area contributed by atoms with Crippen LogP contribution in [-0.2, 0) is 33.3 Å². The van der Waals surface area contributed by atoms with Crippen molar-refractivity contribution in [2.45, 2.75) is 186 Å². The maximum atomic E-state index is 13.8. The molecule has 4 fully saturated rings. The van der Waals surface area contributed by atoms with Gasteiger partial charge >= 0.3 is 11.9 Å². The minimum absolute atomic E-state index is 0.0182. The molecule has 4 rings (SSSR count). The van der Waals surface area contributed by atoms with Gasteiger partial charge in [-0.2, -0.15) is 0 Å². The standard InChI is InChI=1S/C37H65NO7/c1-9-11-12-14-27(38(7)8)21-29-15-17-31(41-29)23(3)35-24(4)32-19-20-34(44-32)26(6)36(39)43-28(13-10-2)22-30-16-18-33(42-30)25(5)37(40)45-35/h23-35H,9-22H2,1-8H3/t23-,24-,25+,26-,27-,28+,29+,30+,31-,32+,33-,34-,35+/m1/s1. The number of carbonyl (C=O) groups is 2. The Bertz CT molecular complexity index is 928. The van der Waals surface area contributed by atoms with Crippen molar-refractivity contribution in [2.24, 2.45) is 23.7 Å². The lowest BCUT2D eigenvalue weighted by atomic mass is 9.84. The zero-order valence-corrected chi connectivity index (χ0v) is 29.7. The summed E-state index contributed by atoms with van der Waals surface area (Å²) in [7, 11) is 4.37. The van der Waals surface area contributed by atoms with Gasteiger partial charge in [-0.1, -0.05) is 53.4 Å². The SMILES string of the molecule is CCCCC[C@H](C[C@@H]1CC[C@H]([C@@H](C)[C@@H]2OC(=O)[C@@H](C)[C@H]3CC[C@@H](C[C@H](CCC)OC(=O)[C@H](C)[C@H]4CC[C@H](O4)[C@H]2C)O3)O1)N(C)C. The predicted octanol–water partition coefficient (Wildman–Crippen LogP) is 7.10. The second-order valence-corrected chi connectivity index (χ2v) is 15.2. The van der Waals surface area contributed by atoms with Crippen LogP contribution >= 0.6 is 0 Å². The van der Waals surface area contributed by atoms with Crippen molar-refractivity contribution in [2.75, 3.05) is 14.1 Å². The molecule has 4 saturated heterocycles. The van der Waals surface area contributed by atoms with Crippen LogP contribution in [0.15, 0.2) is 0 Å². The van der Waals surface area contributed by atoms with Gasteiger partial charge in [0.25, 0.3) is 0 Å². The first-order valence-corrected chi connectivity index (χ1v) is 18.6. The quantitative estimate of drug-likeness (QED) is 0.176. The summed E-state index contributed by atoms with van der Waals surface area (Å²) in [6.07, 6.45) is 13.0. The maximum absolute atomic E-state index is 13.8. The molecule has 0 spiro atoms. The maximum Gasteiger partial charge on any atom is 0.311 e. The smallest absolute Gasteiger partial charge is 0.311 e. The Balaban J connectivity index is 1.49. The van der Waals surface area contributed by atoms with Gasteiger partial charge in [0.15, 0.2) is 0 Å². The molecule has 8 heteroatoms. The number of rotatable bonds is 11. The molecule has 0 aromatic carbocycles. The molecule has 0 aromatic rings. The molecule has 0 saturated carbocycles. The van der Waals surface area contributed by atoms with E-state index in [0.717, 1.165) is 57.8 Å². The Morgan fingerprint density at radius 3 is 2.11 bits per heavy atom. The minimum Gasteiger partial charge on any atom is -0.462 e. The second kappa shape index (κ2) is 17.3. The zero-order chi connectivity index (χ0) is 32.7. The first-order chi connectivity index (χ1) is 21.5. The normalized spacial score (nSPS) is 39.5. The van der Waals surface area contributed by atoms with Gasteiger partial charge in [0.2, 0.25) is 0 Å². The van der Waals surface area contributed by atoms with Crippen molar-refractivity contribution < 1.29 is 33.3 Å². The molecule has 0 amide bonds. The first-order valence-electron chi connectivity index (χ1n) is 18.6. The third kappa shape index (κ3) is 9.67. The number of hydrogen-bond donors (Lipinski definition) is 0. The summed E-state index contributed by atoms with van der Waals surface area (Å²) in [6, 6.07) is 0.515. The number of cyclic esters (lactones) is 2. The largest absolute Gasteiger partial charge is 0.462 e. The summed E-state index contributed by atoms with van der Waals surface area (Å²) < 4.78 is 32.4. The Kier molecular flexibility index (Phi) is 14.0. The summed E-state index contributed by atoms with van der Waals surface area (Å²) in [4.78, 5) is 29.4. The molecule has 0 unspecified atom stereocenters. The third-order valence-electron chi connectivity index (χ3n) is 11.5.